The van der Waals surface area contributed by atoms with Crippen molar-refractivity contribution in [2.75, 3.05) is 0 Å². The van der Waals surface area contributed by atoms with Crippen LogP contribution in [0.25, 0.3) is 0 Å². The number of nitrogens with two attached hydrogens (primary N) is 1. The summed E-state index contributed by atoms with van der Waals surface area (Å²) in [5, 5.41) is 5.97. The number of carbonyl (C=O) groups excluding carboxylic acids is 1. The van der Waals surface area contributed by atoms with Gasteiger partial charge >= 0.3 is 0 Å². The van der Waals surface area contributed by atoms with E-state index in [-0.39, 0.29) is 18.0 Å². The van der Waals surface area contributed by atoms with Gasteiger partial charge in [0.15, 0.2) is 5.96 Å². The lowest BCUT2D eigenvalue weighted by molar-refractivity contribution is 0.0939. The molecule has 0 heterocycles. The summed E-state index contributed by atoms with van der Waals surface area (Å²) in [4.78, 5) is 16.2. The number of nitrogens with one attached hydrogen (secondary N) is 2. The van der Waals surface area contributed by atoms with Crippen molar-refractivity contribution >= 4 is 11.9 Å². The molecule has 1 atom stereocenters. The average Bonchev–Trinajstić information content (AvgIpc) is 2.44. The summed E-state index contributed by atoms with van der Waals surface area (Å²) in [6, 6.07) is 7.88. The fraction of sp³-hybridized carbons (Fsp3) is 0.500. The number of guanidine groups is 1. The molecule has 0 saturated carbocycles. The van der Waals surface area contributed by atoms with Crippen molar-refractivity contribution in [1.29, 1.82) is 0 Å². The molecule has 1 aromatic rings. The molecular formula is C16H26N4O. The van der Waals surface area contributed by atoms with Crippen molar-refractivity contribution in [2.45, 2.75) is 52.7 Å². The molecule has 1 rings (SSSR count). The van der Waals surface area contributed by atoms with Crippen LogP contribution in [0.4, 0.5) is 0 Å². The van der Waals surface area contributed by atoms with Crippen LogP contribution < -0.4 is 16.4 Å². The lowest BCUT2D eigenvalue weighted by Crippen LogP contribution is -2.36. The van der Waals surface area contributed by atoms with Crippen molar-refractivity contribution in [3.05, 3.63) is 35.4 Å². The van der Waals surface area contributed by atoms with Crippen molar-refractivity contribution in [1.82, 2.24) is 10.6 Å². The Bertz CT molecular complexity index is 480. The quantitative estimate of drug-likeness (QED) is 0.554. The van der Waals surface area contributed by atoms with E-state index in [1.165, 1.54) is 0 Å². The zero-order chi connectivity index (χ0) is 15.8. The summed E-state index contributed by atoms with van der Waals surface area (Å²) in [5.74, 6) is 0.393. The fourth-order valence-corrected chi connectivity index (χ4v) is 1.69. The number of nitrogens with zero attached hydrogens (tertiary/aromatic N) is 1. The monoisotopic (exact) mass is 290 g/mol. The minimum absolute atomic E-state index is 0.0413. The molecule has 5 heteroatoms. The molecule has 0 saturated heterocycles. The van der Waals surface area contributed by atoms with E-state index in [9.17, 15) is 4.79 Å². The summed E-state index contributed by atoms with van der Waals surface area (Å²) in [5.41, 5.74) is 7.43. The molecule has 0 fully saturated rings. The molecule has 4 N–H and O–H groups in total. The summed E-state index contributed by atoms with van der Waals surface area (Å²) < 4.78 is 0. The van der Waals surface area contributed by atoms with Gasteiger partial charge in [0.1, 0.15) is 0 Å². The van der Waals surface area contributed by atoms with Crippen molar-refractivity contribution in [3.8, 4) is 0 Å². The standard InChI is InChI=1S/C16H26N4O/c1-5-12(4)20-15(21)14-8-6-13(7-9-14)10-18-16(17)19-11(2)3/h6-9,11-12H,5,10H2,1-4H3,(H,20,21)(H3,17,18,19). The van der Waals surface area contributed by atoms with Gasteiger partial charge in [0, 0.05) is 17.6 Å². The fourth-order valence-electron chi connectivity index (χ4n) is 1.69. The second-order valence-corrected chi connectivity index (χ2v) is 5.48. The molecule has 0 aliphatic heterocycles. The Morgan fingerprint density at radius 1 is 1.19 bits per heavy atom. The molecule has 0 aliphatic carbocycles. The van der Waals surface area contributed by atoms with Crippen molar-refractivity contribution < 1.29 is 4.79 Å². The van der Waals surface area contributed by atoms with Gasteiger partial charge in [-0.1, -0.05) is 19.1 Å². The Kier molecular flexibility index (Phi) is 6.72. The van der Waals surface area contributed by atoms with Gasteiger partial charge in [-0.05, 0) is 44.9 Å². The number of amides is 1. The summed E-state index contributed by atoms with van der Waals surface area (Å²) in [6.45, 7) is 8.55. The molecular weight excluding hydrogens is 264 g/mol. The lowest BCUT2D eigenvalue weighted by atomic mass is 10.1. The number of benzene rings is 1. The van der Waals surface area contributed by atoms with E-state index in [4.69, 9.17) is 5.73 Å². The molecule has 1 amide bonds. The van der Waals surface area contributed by atoms with Gasteiger partial charge in [0.25, 0.3) is 5.91 Å². The molecule has 0 aromatic heterocycles. The van der Waals surface area contributed by atoms with E-state index >= 15 is 0 Å². The van der Waals surface area contributed by atoms with Crippen molar-refractivity contribution in [3.63, 3.8) is 0 Å². The Balaban J connectivity index is 2.60. The van der Waals surface area contributed by atoms with Crippen LogP contribution in [-0.4, -0.2) is 24.0 Å². The Hall–Kier alpha value is -2.04. The zero-order valence-electron chi connectivity index (χ0n) is 13.3. The summed E-state index contributed by atoms with van der Waals surface area (Å²) >= 11 is 0. The van der Waals surface area contributed by atoms with Gasteiger partial charge < -0.3 is 16.4 Å². The summed E-state index contributed by atoms with van der Waals surface area (Å²) in [6.07, 6.45) is 0.917. The highest BCUT2D eigenvalue weighted by molar-refractivity contribution is 5.94. The number of aliphatic imine (C=N–C) groups is 1. The average molecular weight is 290 g/mol. The first-order valence-electron chi connectivity index (χ1n) is 7.38. The predicted octanol–water partition coefficient (Wildman–Crippen LogP) is 2.03. The van der Waals surface area contributed by atoms with Crippen LogP contribution >= 0.6 is 0 Å². The number of hydrogen-bond acceptors (Lipinski definition) is 2. The first-order chi connectivity index (χ1) is 9.92. The molecule has 0 bridgehead atoms. The van der Waals surface area contributed by atoms with E-state index in [0.717, 1.165) is 12.0 Å². The topological polar surface area (TPSA) is 79.5 Å². The van der Waals surface area contributed by atoms with Crippen LogP contribution in [0.5, 0.6) is 0 Å². The molecule has 0 spiro atoms. The lowest BCUT2D eigenvalue weighted by Gasteiger charge is -2.11. The molecule has 0 radical (unpaired) electrons. The van der Waals surface area contributed by atoms with Gasteiger partial charge in [-0.15, -0.1) is 0 Å². The third-order valence-corrected chi connectivity index (χ3v) is 3.07. The van der Waals surface area contributed by atoms with E-state index in [1.54, 1.807) is 0 Å². The molecule has 0 aliphatic rings. The van der Waals surface area contributed by atoms with Crippen LogP contribution in [0.1, 0.15) is 50.0 Å². The molecule has 5 nitrogen and oxygen atoms in total. The Morgan fingerprint density at radius 2 is 1.81 bits per heavy atom. The Morgan fingerprint density at radius 3 is 2.33 bits per heavy atom. The van der Waals surface area contributed by atoms with Crippen molar-refractivity contribution in [2.24, 2.45) is 10.7 Å². The van der Waals surface area contributed by atoms with E-state index in [1.807, 2.05) is 52.0 Å². The first-order valence-corrected chi connectivity index (χ1v) is 7.38. The highest BCUT2D eigenvalue weighted by Gasteiger charge is 2.07. The second-order valence-electron chi connectivity index (χ2n) is 5.48. The maximum absolute atomic E-state index is 11.9. The number of carbonyl (C=O) groups is 1. The molecule has 1 unspecified atom stereocenters. The molecule has 116 valence electrons. The normalized spacial score (nSPS) is 13.1. The largest absolute Gasteiger partial charge is 0.370 e. The smallest absolute Gasteiger partial charge is 0.251 e. The molecule has 21 heavy (non-hydrogen) atoms. The molecule has 1 aromatic carbocycles. The number of rotatable bonds is 6. The van der Waals surface area contributed by atoms with Crippen LogP contribution in [0.15, 0.2) is 29.3 Å². The maximum Gasteiger partial charge on any atom is 0.251 e. The number of hydrogen-bond donors (Lipinski definition) is 3. The minimum atomic E-state index is -0.0413. The van der Waals surface area contributed by atoms with E-state index in [0.29, 0.717) is 18.1 Å². The van der Waals surface area contributed by atoms with E-state index < -0.39 is 0 Å². The zero-order valence-corrected chi connectivity index (χ0v) is 13.3. The Labute approximate surface area is 127 Å². The van der Waals surface area contributed by atoms with Gasteiger partial charge in [-0.25, -0.2) is 4.99 Å². The third-order valence-electron chi connectivity index (χ3n) is 3.07. The first kappa shape index (κ1) is 17.0. The van der Waals surface area contributed by atoms with Crippen LogP contribution in [0.2, 0.25) is 0 Å². The van der Waals surface area contributed by atoms with E-state index in [2.05, 4.69) is 15.6 Å². The maximum atomic E-state index is 11.9. The highest BCUT2D eigenvalue weighted by Crippen LogP contribution is 2.06. The van der Waals surface area contributed by atoms with Gasteiger partial charge in [-0.2, -0.15) is 0 Å². The van der Waals surface area contributed by atoms with Crippen LogP contribution in [0, 0.1) is 0 Å². The van der Waals surface area contributed by atoms with Crippen LogP contribution in [0.3, 0.4) is 0 Å². The minimum Gasteiger partial charge on any atom is -0.370 e. The second kappa shape index (κ2) is 8.29. The predicted molar refractivity (Wildman–Crippen MR) is 87.3 cm³/mol. The van der Waals surface area contributed by atoms with Gasteiger partial charge in [0.05, 0.1) is 6.54 Å². The highest BCUT2D eigenvalue weighted by atomic mass is 16.1. The van der Waals surface area contributed by atoms with Gasteiger partial charge in [0.2, 0.25) is 0 Å². The van der Waals surface area contributed by atoms with Crippen LogP contribution in [-0.2, 0) is 6.54 Å². The SMILES string of the molecule is CCC(C)NC(=O)c1ccc(CN=C(N)NC(C)C)cc1. The van der Waals surface area contributed by atoms with Gasteiger partial charge in [-0.3, -0.25) is 4.79 Å². The summed E-state index contributed by atoms with van der Waals surface area (Å²) in [7, 11) is 0. The third kappa shape index (κ3) is 6.29.